The van der Waals surface area contributed by atoms with Crippen LogP contribution in [0.5, 0.6) is 11.5 Å². The van der Waals surface area contributed by atoms with Gasteiger partial charge in [-0.05, 0) is 37.3 Å². The summed E-state index contributed by atoms with van der Waals surface area (Å²) in [5.74, 6) is -1.62. The van der Waals surface area contributed by atoms with E-state index in [2.05, 4.69) is 0 Å². The van der Waals surface area contributed by atoms with Crippen molar-refractivity contribution in [3.63, 3.8) is 0 Å². The highest BCUT2D eigenvalue weighted by Gasteiger charge is 2.35. The summed E-state index contributed by atoms with van der Waals surface area (Å²) < 4.78 is 44.2. The number of alkyl halides is 3. The van der Waals surface area contributed by atoms with E-state index in [-0.39, 0.29) is 5.75 Å². The number of benzene rings is 2. The first kappa shape index (κ1) is 14.9. The van der Waals surface area contributed by atoms with Gasteiger partial charge in [-0.2, -0.15) is 13.2 Å². The topological polar surface area (TPSA) is 46.5 Å². The predicted octanol–water partition coefficient (Wildman–Crippen LogP) is 4.50. The molecule has 0 bridgehead atoms. The fourth-order valence-electron chi connectivity index (χ4n) is 1.71. The van der Waals surface area contributed by atoms with Crippen LogP contribution in [0.2, 0.25) is 0 Å². The lowest BCUT2D eigenvalue weighted by Gasteiger charge is -2.14. The average Bonchev–Trinajstić information content (AvgIpc) is 2.40. The summed E-state index contributed by atoms with van der Waals surface area (Å²) in [6, 6.07) is 9.13. The molecule has 0 aliphatic rings. The molecule has 0 amide bonds. The van der Waals surface area contributed by atoms with Gasteiger partial charge in [0.15, 0.2) is 0 Å². The minimum absolute atomic E-state index is 0.245. The van der Waals surface area contributed by atoms with Gasteiger partial charge in [0.25, 0.3) is 0 Å². The van der Waals surface area contributed by atoms with Crippen LogP contribution >= 0.6 is 0 Å². The number of carboxylic acid groups (broad SMARTS) is 1. The monoisotopic (exact) mass is 296 g/mol. The van der Waals surface area contributed by atoms with E-state index in [1.54, 1.807) is 24.3 Å². The van der Waals surface area contributed by atoms with Crippen LogP contribution in [0.1, 0.15) is 21.5 Å². The van der Waals surface area contributed by atoms with E-state index in [1.807, 2.05) is 6.92 Å². The van der Waals surface area contributed by atoms with Gasteiger partial charge < -0.3 is 9.84 Å². The SMILES string of the molecule is Cc1ccc(Oc2ccc(C(=O)O)cc2C(F)(F)F)cc1. The van der Waals surface area contributed by atoms with E-state index in [9.17, 15) is 18.0 Å². The molecule has 1 N–H and O–H groups in total. The second-order valence-electron chi connectivity index (χ2n) is 4.43. The molecule has 21 heavy (non-hydrogen) atoms. The number of ether oxygens (including phenoxy) is 1. The summed E-state index contributed by atoms with van der Waals surface area (Å²) in [4.78, 5) is 10.8. The van der Waals surface area contributed by atoms with Crippen molar-refractivity contribution in [3.8, 4) is 11.5 Å². The Morgan fingerprint density at radius 3 is 2.24 bits per heavy atom. The van der Waals surface area contributed by atoms with E-state index < -0.39 is 29.0 Å². The Morgan fingerprint density at radius 1 is 1.10 bits per heavy atom. The molecule has 0 fully saturated rings. The standard InChI is InChI=1S/C15H11F3O3/c1-9-2-5-11(6-3-9)21-13-7-4-10(14(19)20)8-12(13)15(16,17)18/h2-8H,1H3,(H,19,20). The van der Waals surface area contributed by atoms with Gasteiger partial charge in [0.1, 0.15) is 11.5 Å². The van der Waals surface area contributed by atoms with E-state index in [4.69, 9.17) is 9.84 Å². The molecular weight excluding hydrogens is 285 g/mol. The van der Waals surface area contributed by atoms with Gasteiger partial charge in [0.2, 0.25) is 0 Å². The first-order valence-electron chi connectivity index (χ1n) is 5.96. The highest BCUT2D eigenvalue weighted by molar-refractivity contribution is 5.88. The zero-order valence-electron chi connectivity index (χ0n) is 10.9. The second-order valence-corrected chi connectivity index (χ2v) is 4.43. The molecule has 2 aromatic carbocycles. The molecule has 0 saturated carbocycles. The summed E-state index contributed by atoms with van der Waals surface area (Å²) in [6.07, 6.45) is -4.70. The molecule has 0 radical (unpaired) electrons. The summed E-state index contributed by atoms with van der Waals surface area (Å²) in [5.41, 5.74) is -0.624. The van der Waals surface area contributed by atoms with E-state index >= 15 is 0 Å². The smallest absolute Gasteiger partial charge is 0.420 e. The molecule has 110 valence electrons. The number of rotatable bonds is 3. The van der Waals surface area contributed by atoms with Gasteiger partial charge in [0, 0.05) is 0 Å². The zero-order chi connectivity index (χ0) is 15.6. The molecule has 6 heteroatoms. The molecule has 2 aromatic rings. The third-order valence-corrected chi connectivity index (χ3v) is 2.78. The lowest BCUT2D eigenvalue weighted by atomic mass is 10.1. The van der Waals surface area contributed by atoms with Crippen molar-refractivity contribution in [2.75, 3.05) is 0 Å². The Hall–Kier alpha value is -2.50. The van der Waals surface area contributed by atoms with Gasteiger partial charge in [0.05, 0.1) is 11.1 Å². The largest absolute Gasteiger partial charge is 0.478 e. The minimum atomic E-state index is -4.70. The average molecular weight is 296 g/mol. The summed E-state index contributed by atoms with van der Waals surface area (Å²) in [5, 5.41) is 8.78. The number of hydrogen-bond acceptors (Lipinski definition) is 2. The van der Waals surface area contributed by atoms with Crippen LogP contribution in [-0.2, 0) is 6.18 Å². The lowest BCUT2D eigenvalue weighted by molar-refractivity contribution is -0.138. The maximum absolute atomic E-state index is 13.0. The van der Waals surface area contributed by atoms with Crippen molar-refractivity contribution >= 4 is 5.97 Å². The molecule has 3 nitrogen and oxygen atoms in total. The molecule has 0 aliphatic carbocycles. The number of aromatic carboxylic acids is 1. The molecule has 0 heterocycles. The first-order valence-corrected chi connectivity index (χ1v) is 5.96. The van der Waals surface area contributed by atoms with Crippen LogP contribution < -0.4 is 4.74 Å². The van der Waals surface area contributed by atoms with Gasteiger partial charge in [-0.15, -0.1) is 0 Å². The van der Waals surface area contributed by atoms with Crippen molar-refractivity contribution in [1.29, 1.82) is 0 Å². The minimum Gasteiger partial charge on any atom is -0.478 e. The third-order valence-electron chi connectivity index (χ3n) is 2.78. The maximum Gasteiger partial charge on any atom is 0.420 e. The normalized spacial score (nSPS) is 11.2. The molecule has 0 spiro atoms. The number of carboxylic acids is 1. The molecular formula is C15H11F3O3. The van der Waals surface area contributed by atoms with Crippen LogP contribution in [-0.4, -0.2) is 11.1 Å². The molecule has 2 rings (SSSR count). The fraction of sp³-hybridized carbons (Fsp3) is 0.133. The van der Waals surface area contributed by atoms with Gasteiger partial charge in [-0.25, -0.2) is 4.79 Å². The van der Waals surface area contributed by atoms with Crippen LogP contribution in [0.25, 0.3) is 0 Å². The van der Waals surface area contributed by atoms with E-state index in [0.717, 1.165) is 17.7 Å². The van der Waals surface area contributed by atoms with Crippen molar-refractivity contribution in [1.82, 2.24) is 0 Å². The highest BCUT2D eigenvalue weighted by Crippen LogP contribution is 2.38. The molecule has 0 aliphatic heterocycles. The fourth-order valence-corrected chi connectivity index (χ4v) is 1.71. The molecule has 0 aromatic heterocycles. The first-order chi connectivity index (χ1) is 9.77. The number of aryl methyl sites for hydroxylation is 1. The maximum atomic E-state index is 13.0. The molecule has 0 saturated heterocycles. The summed E-state index contributed by atoms with van der Waals surface area (Å²) in [7, 11) is 0. The Bertz CT molecular complexity index is 661. The van der Waals surface area contributed by atoms with E-state index in [0.29, 0.717) is 6.07 Å². The quantitative estimate of drug-likeness (QED) is 0.906. The molecule has 0 unspecified atom stereocenters. The predicted molar refractivity (Wildman–Crippen MR) is 69.7 cm³/mol. The van der Waals surface area contributed by atoms with Gasteiger partial charge in [-0.3, -0.25) is 0 Å². The van der Waals surface area contributed by atoms with Crippen molar-refractivity contribution in [2.24, 2.45) is 0 Å². The lowest BCUT2D eigenvalue weighted by Crippen LogP contribution is -2.09. The Morgan fingerprint density at radius 2 is 1.71 bits per heavy atom. The zero-order valence-corrected chi connectivity index (χ0v) is 10.9. The van der Waals surface area contributed by atoms with Gasteiger partial charge >= 0.3 is 12.1 Å². The van der Waals surface area contributed by atoms with Crippen LogP contribution in [0.4, 0.5) is 13.2 Å². The molecule has 0 atom stereocenters. The van der Waals surface area contributed by atoms with Crippen molar-refractivity contribution in [2.45, 2.75) is 13.1 Å². The highest BCUT2D eigenvalue weighted by atomic mass is 19.4. The number of hydrogen-bond donors (Lipinski definition) is 1. The van der Waals surface area contributed by atoms with Gasteiger partial charge in [-0.1, -0.05) is 17.7 Å². The van der Waals surface area contributed by atoms with Crippen molar-refractivity contribution < 1.29 is 27.8 Å². The van der Waals surface area contributed by atoms with E-state index in [1.165, 1.54) is 0 Å². The third kappa shape index (κ3) is 3.53. The van der Waals surface area contributed by atoms with Crippen LogP contribution in [0.15, 0.2) is 42.5 Å². The number of carbonyl (C=O) groups is 1. The summed E-state index contributed by atoms with van der Waals surface area (Å²) >= 11 is 0. The van der Waals surface area contributed by atoms with Crippen molar-refractivity contribution in [3.05, 3.63) is 59.2 Å². The van der Waals surface area contributed by atoms with Crippen LogP contribution in [0.3, 0.4) is 0 Å². The number of halogens is 3. The Balaban J connectivity index is 2.43. The second kappa shape index (κ2) is 5.47. The summed E-state index contributed by atoms with van der Waals surface area (Å²) in [6.45, 7) is 1.84. The van der Waals surface area contributed by atoms with Crippen LogP contribution in [0, 0.1) is 6.92 Å². The Kier molecular flexibility index (Phi) is 3.88. The Labute approximate surface area is 118 Å².